The lowest BCUT2D eigenvalue weighted by molar-refractivity contribution is -0.140. The molecule has 2 amide bonds. The summed E-state index contributed by atoms with van der Waals surface area (Å²) in [6.45, 7) is 0.715. The Hall–Kier alpha value is -4.33. The van der Waals surface area contributed by atoms with E-state index in [1.165, 1.54) is 0 Å². The zero-order chi connectivity index (χ0) is 27.2. The van der Waals surface area contributed by atoms with E-state index < -0.39 is 24.2 Å². The monoisotopic (exact) mass is 528 g/mol. The lowest BCUT2D eigenvalue weighted by Gasteiger charge is -2.36. The van der Waals surface area contributed by atoms with E-state index in [9.17, 15) is 19.5 Å². The summed E-state index contributed by atoms with van der Waals surface area (Å²) < 4.78 is 11.1. The maximum atomic E-state index is 12.9. The van der Waals surface area contributed by atoms with Crippen LogP contribution in [0.1, 0.15) is 48.3 Å². The first kappa shape index (κ1) is 26.3. The van der Waals surface area contributed by atoms with Gasteiger partial charge in [-0.05, 0) is 53.5 Å². The summed E-state index contributed by atoms with van der Waals surface area (Å²) in [4.78, 5) is 39.3. The topological polar surface area (TPSA) is 105 Å². The molecule has 1 saturated heterocycles. The number of rotatable bonds is 8. The highest BCUT2D eigenvalue weighted by Crippen LogP contribution is 2.44. The van der Waals surface area contributed by atoms with Gasteiger partial charge in [-0.15, -0.1) is 0 Å². The van der Waals surface area contributed by atoms with Crippen LogP contribution in [0.2, 0.25) is 0 Å². The van der Waals surface area contributed by atoms with Gasteiger partial charge < -0.3 is 24.8 Å². The molecule has 1 fully saturated rings. The number of carbonyl (C=O) groups is 3. The molecule has 1 aliphatic carbocycles. The summed E-state index contributed by atoms with van der Waals surface area (Å²) in [6, 6.07) is 23.9. The van der Waals surface area contributed by atoms with Gasteiger partial charge in [-0.25, -0.2) is 14.4 Å². The van der Waals surface area contributed by atoms with E-state index in [-0.39, 0.29) is 31.6 Å². The first-order valence-corrected chi connectivity index (χ1v) is 13.3. The maximum absolute atomic E-state index is 12.9. The molecule has 0 saturated carbocycles. The quantitative estimate of drug-likeness (QED) is 0.397. The lowest BCUT2D eigenvalue weighted by atomic mass is 9.96. The lowest BCUT2D eigenvalue weighted by Crippen LogP contribution is -2.50. The van der Waals surface area contributed by atoms with Crippen molar-refractivity contribution in [1.29, 1.82) is 0 Å². The highest BCUT2D eigenvalue weighted by Gasteiger charge is 2.34. The van der Waals surface area contributed by atoms with Crippen molar-refractivity contribution in [3.8, 4) is 11.1 Å². The van der Waals surface area contributed by atoms with Crippen LogP contribution in [0.25, 0.3) is 11.1 Å². The largest absolute Gasteiger partial charge is 0.480 e. The summed E-state index contributed by atoms with van der Waals surface area (Å²) in [5, 5.41) is 12.4. The van der Waals surface area contributed by atoms with Crippen LogP contribution in [-0.4, -0.2) is 53.4 Å². The Bertz CT molecular complexity index is 1280. The summed E-state index contributed by atoms with van der Waals surface area (Å²) in [5.41, 5.74) is 5.25. The van der Waals surface area contributed by atoms with E-state index in [0.29, 0.717) is 13.0 Å². The molecule has 1 aliphatic heterocycles. The number of nitrogens with zero attached hydrogens (tertiary/aromatic N) is 1. The fourth-order valence-electron chi connectivity index (χ4n) is 5.56. The Kier molecular flexibility index (Phi) is 8.10. The molecule has 3 aromatic rings. The molecule has 202 valence electrons. The van der Waals surface area contributed by atoms with E-state index >= 15 is 0 Å². The van der Waals surface area contributed by atoms with Crippen molar-refractivity contribution < 1.29 is 29.0 Å². The van der Waals surface area contributed by atoms with Crippen molar-refractivity contribution in [2.75, 3.05) is 13.2 Å². The molecule has 1 heterocycles. The first-order valence-electron chi connectivity index (χ1n) is 13.3. The smallest absolute Gasteiger partial charge is 0.410 e. The summed E-state index contributed by atoms with van der Waals surface area (Å²) in [5.74, 6) is -1.30. The summed E-state index contributed by atoms with van der Waals surface area (Å²) >= 11 is 0. The number of fused-ring (bicyclic) bond motifs is 3. The van der Waals surface area contributed by atoms with Crippen LogP contribution in [0.15, 0.2) is 78.9 Å². The minimum Gasteiger partial charge on any atom is -0.480 e. The number of nitrogens with one attached hydrogen (secondary N) is 1. The van der Waals surface area contributed by atoms with Crippen molar-refractivity contribution in [2.45, 2.75) is 50.3 Å². The summed E-state index contributed by atoms with van der Waals surface area (Å²) in [6.07, 6.45) is 1.11. The van der Waals surface area contributed by atoms with Crippen LogP contribution >= 0.6 is 0 Å². The molecule has 2 N–H and O–H groups in total. The van der Waals surface area contributed by atoms with E-state index in [2.05, 4.69) is 17.4 Å². The zero-order valence-corrected chi connectivity index (χ0v) is 21.6. The minimum absolute atomic E-state index is 0.0694. The van der Waals surface area contributed by atoms with Crippen molar-refractivity contribution in [3.05, 3.63) is 95.6 Å². The maximum Gasteiger partial charge on any atom is 0.410 e. The van der Waals surface area contributed by atoms with Gasteiger partial charge in [0, 0.05) is 18.5 Å². The number of hydrogen-bond donors (Lipinski definition) is 2. The molecule has 39 heavy (non-hydrogen) atoms. The second-order valence-electron chi connectivity index (χ2n) is 9.98. The molecule has 8 nitrogen and oxygen atoms in total. The van der Waals surface area contributed by atoms with Crippen molar-refractivity contribution in [3.63, 3.8) is 0 Å². The molecule has 2 atom stereocenters. The highest BCUT2D eigenvalue weighted by atomic mass is 16.6. The zero-order valence-electron chi connectivity index (χ0n) is 21.6. The normalized spacial score (nSPS) is 17.0. The summed E-state index contributed by atoms with van der Waals surface area (Å²) in [7, 11) is 0. The minimum atomic E-state index is -1.20. The van der Waals surface area contributed by atoms with Crippen LogP contribution in [0.5, 0.6) is 0 Å². The first-order chi connectivity index (χ1) is 19.0. The molecule has 3 aromatic carbocycles. The number of ether oxygens (including phenoxy) is 2. The molecule has 0 bridgehead atoms. The van der Waals surface area contributed by atoms with Gasteiger partial charge >= 0.3 is 18.2 Å². The van der Waals surface area contributed by atoms with Crippen molar-refractivity contribution in [1.82, 2.24) is 10.2 Å². The number of carboxylic acids is 1. The molecule has 2 unspecified atom stereocenters. The molecule has 0 spiro atoms. The van der Waals surface area contributed by atoms with Gasteiger partial charge in [0.15, 0.2) is 0 Å². The predicted molar refractivity (Wildman–Crippen MR) is 145 cm³/mol. The van der Waals surface area contributed by atoms with Crippen LogP contribution in [-0.2, 0) is 20.9 Å². The molecule has 0 radical (unpaired) electrons. The standard InChI is InChI=1S/C31H32N2O6/c34-29(35)28(18-22-12-8-9-17-33(22)31(37)39-19-21-10-2-1-3-11-21)32-30(36)38-20-27-25-15-6-4-13-23(25)24-14-5-7-16-26(24)27/h1-7,10-11,13-16,22,27-28H,8-9,12,17-20H2,(H,32,36)(H,34,35). The highest BCUT2D eigenvalue weighted by molar-refractivity contribution is 5.81. The van der Waals surface area contributed by atoms with E-state index in [0.717, 1.165) is 40.7 Å². The number of aliphatic carboxylic acids is 1. The second-order valence-corrected chi connectivity index (χ2v) is 9.98. The third-order valence-electron chi connectivity index (χ3n) is 7.51. The third kappa shape index (κ3) is 6.06. The van der Waals surface area contributed by atoms with Gasteiger partial charge in [0.1, 0.15) is 19.3 Å². The fourth-order valence-corrected chi connectivity index (χ4v) is 5.56. The van der Waals surface area contributed by atoms with Crippen LogP contribution in [0.4, 0.5) is 9.59 Å². The molecule has 2 aliphatic rings. The number of benzene rings is 3. The number of amides is 2. The predicted octanol–water partition coefficient (Wildman–Crippen LogP) is 5.56. The number of likely N-dealkylation sites (tertiary alicyclic amines) is 1. The number of carboxylic acid groups (broad SMARTS) is 1. The van der Waals surface area contributed by atoms with Gasteiger partial charge in [0.05, 0.1) is 0 Å². The van der Waals surface area contributed by atoms with E-state index in [4.69, 9.17) is 9.47 Å². The van der Waals surface area contributed by atoms with Crippen LogP contribution in [0.3, 0.4) is 0 Å². The fraction of sp³-hybridized carbons (Fsp3) is 0.323. The second kappa shape index (κ2) is 12.0. The molecular weight excluding hydrogens is 496 g/mol. The third-order valence-corrected chi connectivity index (χ3v) is 7.51. The average Bonchev–Trinajstić information content (AvgIpc) is 3.29. The number of piperidine rings is 1. The Morgan fingerprint density at radius 3 is 2.18 bits per heavy atom. The van der Waals surface area contributed by atoms with Crippen LogP contribution in [0, 0.1) is 0 Å². The van der Waals surface area contributed by atoms with Gasteiger partial charge in [0.2, 0.25) is 0 Å². The Labute approximate surface area is 227 Å². The molecule has 5 rings (SSSR count). The Morgan fingerprint density at radius 2 is 1.51 bits per heavy atom. The molecule has 8 heteroatoms. The van der Waals surface area contributed by atoms with E-state index in [1.54, 1.807) is 4.90 Å². The SMILES string of the molecule is O=C(NC(CC1CCCCN1C(=O)OCc1ccccc1)C(=O)O)OCC1c2ccccc2-c2ccccc21. The Balaban J connectivity index is 1.19. The van der Waals surface area contributed by atoms with Gasteiger partial charge in [-0.1, -0.05) is 78.9 Å². The van der Waals surface area contributed by atoms with Crippen LogP contribution < -0.4 is 5.32 Å². The molecule has 0 aromatic heterocycles. The van der Waals surface area contributed by atoms with Gasteiger partial charge in [0.25, 0.3) is 0 Å². The number of alkyl carbamates (subject to hydrolysis) is 1. The van der Waals surface area contributed by atoms with Gasteiger partial charge in [-0.3, -0.25) is 0 Å². The number of hydrogen-bond acceptors (Lipinski definition) is 5. The Morgan fingerprint density at radius 1 is 0.872 bits per heavy atom. The number of carbonyl (C=O) groups excluding carboxylic acids is 2. The van der Waals surface area contributed by atoms with Crippen molar-refractivity contribution >= 4 is 18.2 Å². The van der Waals surface area contributed by atoms with E-state index in [1.807, 2.05) is 66.7 Å². The average molecular weight is 529 g/mol. The van der Waals surface area contributed by atoms with Crippen molar-refractivity contribution in [2.24, 2.45) is 0 Å². The van der Waals surface area contributed by atoms with Gasteiger partial charge in [-0.2, -0.15) is 0 Å². The molecular formula is C31H32N2O6.